The molecule has 2 aromatic carbocycles. The van der Waals surface area contributed by atoms with Gasteiger partial charge < -0.3 is 29.5 Å². The van der Waals surface area contributed by atoms with Crippen LogP contribution in [0.25, 0.3) is 11.1 Å². The van der Waals surface area contributed by atoms with Crippen LogP contribution in [0, 0.1) is 0 Å². The quantitative estimate of drug-likeness (QED) is 0.595. The molecule has 2 aliphatic rings. The van der Waals surface area contributed by atoms with Gasteiger partial charge in [-0.2, -0.15) is 0 Å². The number of aliphatic carboxylic acids is 1. The lowest BCUT2D eigenvalue weighted by atomic mass is 9.98. The first kappa shape index (κ1) is 25.5. The number of likely N-dealkylation sites (tertiary alicyclic amines) is 1. The molecule has 0 unspecified atom stereocenters. The fourth-order valence-corrected chi connectivity index (χ4v) is 4.84. The van der Waals surface area contributed by atoms with Crippen LogP contribution < -0.4 is 5.32 Å². The van der Waals surface area contributed by atoms with Crippen molar-refractivity contribution in [1.82, 2.24) is 10.2 Å². The van der Waals surface area contributed by atoms with E-state index in [1.807, 2.05) is 36.4 Å². The lowest BCUT2D eigenvalue weighted by molar-refractivity contribution is -0.142. The van der Waals surface area contributed by atoms with Crippen molar-refractivity contribution in [3.8, 4) is 11.1 Å². The van der Waals surface area contributed by atoms with Gasteiger partial charge in [0.05, 0.1) is 18.7 Å². The molecule has 1 heterocycles. The number of ether oxygens (including phenoxy) is 3. The zero-order chi connectivity index (χ0) is 25.9. The van der Waals surface area contributed by atoms with E-state index in [0.717, 1.165) is 22.3 Å². The molecule has 9 nitrogen and oxygen atoms in total. The first-order valence-electron chi connectivity index (χ1n) is 12.0. The Morgan fingerprint density at radius 3 is 2.19 bits per heavy atom. The number of carbonyl (C=O) groups is 3. The van der Waals surface area contributed by atoms with Gasteiger partial charge in [-0.3, -0.25) is 0 Å². The molecule has 192 valence electrons. The van der Waals surface area contributed by atoms with E-state index in [0.29, 0.717) is 6.42 Å². The van der Waals surface area contributed by atoms with E-state index >= 15 is 0 Å². The molecular formula is C27H32N2O7. The van der Waals surface area contributed by atoms with E-state index < -0.39 is 36.4 Å². The number of nitrogens with one attached hydrogen (secondary N) is 1. The Balaban J connectivity index is 1.43. The molecule has 2 aromatic rings. The number of amides is 2. The van der Waals surface area contributed by atoms with Crippen LogP contribution in [0.5, 0.6) is 0 Å². The minimum Gasteiger partial charge on any atom is -0.480 e. The van der Waals surface area contributed by atoms with E-state index in [2.05, 4.69) is 17.4 Å². The van der Waals surface area contributed by atoms with Gasteiger partial charge in [0, 0.05) is 12.5 Å². The van der Waals surface area contributed by atoms with Crippen molar-refractivity contribution in [2.45, 2.75) is 50.8 Å². The summed E-state index contributed by atoms with van der Waals surface area (Å²) in [5.74, 6) is -1.18. The van der Waals surface area contributed by atoms with Crippen molar-refractivity contribution in [3.05, 3.63) is 59.7 Å². The zero-order valence-corrected chi connectivity index (χ0v) is 20.7. The van der Waals surface area contributed by atoms with Crippen LogP contribution in [0.1, 0.15) is 44.2 Å². The number of hydrogen-bond donors (Lipinski definition) is 2. The Kier molecular flexibility index (Phi) is 7.49. The van der Waals surface area contributed by atoms with Gasteiger partial charge in [-0.05, 0) is 49.4 Å². The van der Waals surface area contributed by atoms with Crippen LogP contribution in [0.3, 0.4) is 0 Å². The Labute approximate surface area is 210 Å². The molecule has 2 N–H and O–H groups in total. The monoisotopic (exact) mass is 496 g/mol. The first-order valence-corrected chi connectivity index (χ1v) is 12.0. The van der Waals surface area contributed by atoms with Crippen LogP contribution in [0.15, 0.2) is 48.5 Å². The van der Waals surface area contributed by atoms with Gasteiger partial charge in [-0.25, -0.2) is 14.4 Å². The SMILES string of the molecule is CC(C)(C)OC(=O)N[C@H]1C[C@@H](COCC(=O)O)N(C(=O)OCC2c3ccccc3-c3ccccc32)C1. The Bertz CT molecular complexity index is 1080. The maximum absolute atomic E-state index is 13.2. The molecule has 1 fully saturated rings. The Hall–Kier alpha value is -3.59. The average molecular weight is 497 g/mol. The van der Waals surface area contributed by atoms with Gasteiger partial charge in [0.2, 0.25) is 0 Å². The van der Waals surface area contributed by atoms with Crippen molar-refractivity contribution in [2.24, 2.45) is 0 Å². The van der Waals surface area contributed by atoms with Crippen LogP contribution in [0.2, 0.25) is 0 Å². The number of carbonyl (C=O) groups excluding carboxylic acids is 2. The number of alkyl carbamates (subject to hydrolysis) is 1. The van der Waals surface area contributed by atoms with E-state index in [4.69, 9.17) is 19.3 Å². The average Bonchev–Trinajstić information content (AvgIpc) is 3.35. The molecule has 0 saturated carbocycles. The van der Waals surface area contributed by atoms with Crippen LogP contribution >= 0.6 is 0 Å². The molecule has 2 amide bonds. The normalized spacial score (nSPS) is 18.9. The summed E-state index contributed by atoms with van der Waals surface area (Å²) in [5, 5.41) is 11.7. The first-order chi connectivity index (χ1) is 17.1. The maximum Gasteiger partial charge on any atom is 0.410 e. The fourth-order valence-electron chi connectivity index (χ4n) is 4.84. The Morgan fingerprint density at radius 2 is 1.61 bits per heavy atom. The van der Waals surface area contributed by atoms with Gasteiger partial charge >= 0.3 is 18.2 Å². The molecule has 1 aliphatic heterocycles. The second kappa shape index (κ2) is 10.6. The van der Waals surface area contributed by atoms with Gasteiger partial charge in [-0.15, -0.1) is 0 Å². The fraction of sp³-hybridized carbons (Fsp3) is 0.444. The molecule has 0 bridgehead atoms. The summed E-state index contributed by atoms with van der Waals surface area (Å²) in [7, 11) is 0. The predicted octanol–water partition coefficient (Wildman–Crippen LogP) is 4.00. The number of fused-ring (bicyclic) bond motifs is 3. The minimum absolute atomic E-state index is 0.0169. The highest BCUT2D eigenvalue weighted by Crippen LogP contribution is 2.44. The van der Waals surface area contributed by atoms with Crippen molar-refractivity contribution in [3.63, 3.8) is 0 Å². The molecule has 0 radical (unpaired) electrons. The third-order valence-corrected chi connectivity index (χ3v) is 6.24. The number of carboxylic acids is 1. The third-order valence-electron chi connectivity index (χ3n) is 6.24. The van der Waals surface area contributed by atoms with E-state index in [1.165, 1.54) is 4.90 Å². The lowest BCUT2D eigenvalue weighted by Gasteiger charge is -2.25. The highest BCUT2D eigenvalue weighted by molar-refractivity contribution is 5.79. The van der Waals surface area contributed by atoms with Crippen LogP contribution in [0.4, 0.5) is 9.59 Å². The van der Waals surface area contributed by atoms with E-state index in [1.54, 1.807) is 20.8 Å². The summed E-state index contributed by atoms with van der Waals surface area (Å²) in [6.07, 6.45) is -0.718. The molecule has 2 atom stereocenters. The minimum atomic E-state index is -1.09. The van der Waals surface area contributed by atoms with Gasteiger partial charge in [0.15, 0.2) is 0 Å². The summed E-state index contributed by atoms with van der Waals surface area (Å²) in [6, 6.07) is 15.4. The standard InChI is InChI=1S/C27H32N2O7/c1-27(2,3)36-25(32)28-17-12-18(14-34-16-24(30)31)29(13-17)26(33)35-15-23-21-10-6-4-8-19(21)20-9-5-7-11-22(20)23/h4-11,17-18,23H,12-16H2,1-3H3,(H,28,32)(H,30,31)/t17-,18-/m0/s1. The topological polar surface area (TPSA) is 114 Å². The number of carboxylic acid groups (broad SMARTS) is 1. The highest BCUT2D eigenvalue weighted by Gasteiger charge is 2.38. The number of rotatable bonds is 7. The molecule has 1 saturated heterocycles. The molecule has 36 heavy (non-hydrogen) atoms. The van der Waals surface area contributed by atoms with Crippen molar-refractivity contribution in [1.29, 1.82) is 0 Å². The smallest absolute Gasteiger partial charge is 0.410 e. The lowest BCUT2D eigenvalue weighted by Crippen LogP contribution is -2.42. The molecule has 1 aliphatic carbocycles. The predicted molar refractivity (Wildman–Crippen MR) is 132 cm³/mol. The third kappa shape index (κ3) is 5.96. The second-order valence-corrected chi connectivity index (χ2v) is 10.1. The molecule has 9 heteroatoms. The number of nitrogens with zero attached hydrogens (tertiary/aromatic N) is 1. The van der Waals surface area contributed by atoms with Gasteiger partial charge in [0.1, 0.15) is 18.8 Å². The van der Waals surface area contributed by atoms with E-state index in [9.17, 15) is 14.4 Å². The van der Waals surface area contributed by atoms with Crippen LogP contribution in [-0.2, 0) is 19.0 Å². The van der Waals surface area contributed by atoms with Crippen molar-refractivity contribution >= 4 is 18.2 Å². The summed E-state index contributed by atoms with van der Waals surface area (Å²) in [5.41, 5.74) is 3.84. The summed E-state index contributed by atoms with van der Waals surface area (Å²) in [4.78, 5) is 37.8. The zero-order valence-electron chi connectivity index (χ0n) is 20.7. The molecule has 4 rings (SSSR count). The van der Waals surface area contributed by atoms with Gasteiger partial charge in [0.25, 0.3) is 0 Å². The summed E-state index contributed by atoms with van der Waals surface area (Å²) < 4.78 is 16.4. The number of benzene rings is 2. The molecule has 0 aromatic heterocycles. The Morgan fingerprint density at radius 1 is 1.00 bits per heavy atom. The summed E-state index contributed by atoms with van der Waals surface area (Å²) in [6.45, 7) is 5.22. The second-order valence-electron chi connectivity index (χ2n) is 10.1. The van der Waals surface area contributed by atoms with E-state index in [-0.39, 0.29) is 31.7 Å². The largest absolute Gasteiger partial charge is 0.480 e. The van der Waals surface area contributed by atoms with Crippen molar-refractivity contribution < 1.29 is 33.7 Å². The molecular weight excluding hydrogens is 464 g/mol. The number of hydrogen-bond acceptors (Lipinski definition) is 6. The van der Waals surface area contributed by atoms with Crippen LogP contribution in [-0.4, -0.2) is 72.2 Å². The summed E-state index contributed by atoms with van der Waals surface area (Å²) >= 11 is 0. The highest BCUT2D eigenvalue weighted by atomic mass is 16.6. The molecule has 0 spiro atoms. The maximum atomic E-state index is 13.2. The van der Waals surface area contributed by atoms with Crippen molar-refractivity contribution in [2.75, 3.05) is 26.4 Å². The van der Waals surface area contributed by atoms with Gasteiger partial charge in [-0.1, -0.05) is 48.5 Å².